The van der Waals surface area contributed by atoms with Gasteiger partial charge in [0.15, 0.2) is 0 Å². The second kappa shape index (κ2) is 6.03. The van der Waals surface area contributed by atoms with Gasteiger partial charge in [0.25, 0.3) is 0 Å². The molecule has 0 heterocycles. The summed E-state index contributed by atoms with van der Waals surface area (Å²) in [6, 6.07) is 9.78. The van der Waals surface area contributed by atoms with Gasteiger partial charge in [-0.05, 0) is 45.8 Å². The molecule has 1 atom stereocenters. The molecule has 2 aromatic rings. The molecule has 0 aliphatic carbocycles. The van der Waals surface area contributed by atoms with Crippen molar-refractivity contribution < 1.29 is 14.2 Å². The van der Waals surface area contributed by atoms with Crippen molar-refractivity contribution in [3.8, 4) is 5.75 Å². The van der Waals surface area contributed by atoms with Gasteiger partial charge in [0, 0.05) is 10.0 Å². The summed E-state index contributed by atoms with van der Waals surface area (Å²) in [7, 11) is 1.54. The number of ether oxygens (including phenoxy) is 1. The van der Waals surface area contributed by atoms with Crippen molar-refractivity contribution in [3.05, 3.63) is 62.3 Å². The van der Waals surface area contributed by atoms with Gasteiger partial charge in [-0.2, -0.15) is 0 Å². The van der Waals surface area contributed by atoms with Crippen molar-refractivity contribution in [2.24, 2.45) is 0 Å². The lowest BCUT2D eigenvalue weighted by molar-refractivity contribution is 0.214. The standard InChI is InChI=1S/C14H11Br2FO2/c1-19-13-7-9(15)3-4-10(13)14(18)8-2-5-12(17)11(16)6-8/h2-7,14,18H,1H3. The minimum atomic E-state index is -0.875. The molecule has 2 aromatic carbocycles. The summed E-state index contributed by atoms with van der Waals surface area (Å²) >= 11 is 6.45. The number of hydrogen-bond donors (Lipinski definition) is 1. The molecule has 0 bridgehead atoms. The largest absolute Gasteiger partial charge is 0.496 e. The first-order chi connectivity index (χ1) is 9.02. The lowest BCUT2D eigenvalue weighted by Crippen LogP contribution is -2.03. The van der Waals surface area contributed by atoms with E-state index in [9.17, 15) is 9.50 Å². The smallest absolute Gasteiger partial charge is 0.137 e. The second-order valence-electron chi connectivity index (χ2n) is 3.96. The SMILES string of the molecule is COc1cc(Br)ccc1C(O)c1ccc(F)c(Br)c1. The van der Waals surface area contributed by atoms with Crippen molar-refractivity contribution in [3.63, 3.8) is 0 Å². The fourth-order valence-electron chi connectivity index (χ4n) is 1.77. The lowest BCUT2D eigenvalue weighted by Gasteiger charge is -2.16. The van der Waals surface area contributed by atoms with Crippen LogP contribution in [0.15, 0.2) is 45.3 Å². The predicted octanol–water partition coefficient (Wildman–Crippen LogP) is 4.44. The van der Waals surface area contributed by atoms with Crippen LogP contribution in [0.1, 0.15) is 17.2 Å². The van der Waals surface area contributed by atoms with Crippen molar-refractivity contribution in [2.45, 2.75) is 6.10 Å². The molecular formula is C14H11Br2FO2. The average molecular weight is 390 g/mol. The van der Waals surface area contributed by atoms with E-state index in [0.29, 0.717) is 21.3 Å². The summed E-state index contributed by atoms with van der Waals surface area (Å²) in [4.78, 5) is 0. The van der Waals surface area contributed by atoms with Gasteiger partial charge in [-0.15, -0.1) is 0 Å². The van der Waals surface area contributed by atoms with E-state index in [0.717, 1.165) is 4.47 Å². The molecule has 2 rings (SSSR count). The molecule has 1 unspecified atom stereocenters. The Morgan fingerprint density at radius 1 is 1.16 bits per heavy atom. The highest BCUT2D eigenvalue weighted by atomic mass is 79.9. The maximum atomic E-state index is 13.2. The number of aliphatic hydroxyl groups is 1. The molecule has 0 radical (unpaired) electrons. The first-order valence-electron chi connectivity index (χ1n) is 5.49. The first kappa shape index (κ1) is 14.5. The zero-order valence-electron chi connectivity index (χ0n) is 10.0. The molecule has 5 heteroatoms. The fraction of sp³-hybridized carbons (Fsp3) is 0.143. The van der Waals surface area contributed by atoms with Crippen LogP contribution >= 0.6 is 31.9 Å². The van der Waals surface area contributed by atoms with E-state index in [2.05, 4.69) is 31.9 Å². The summed E-state index contributed by atoms with van der Waals surface area (Å²) in [6.07, 6.45) is -0.875. The van der Waals surface area contributed by atoms with Crippen LogP contribution in [0.3, 0.4) is 0 Å². The molecule has 100 valence electrons. The van der Waals surface area contributed by atoms with E-state index in [1.54, 1.807) is 31.4 Å². The van der Waals surface area contributed by atoms with E-state index in [1.807, 2.05) is 6.07 Å². The Balaban J connectivity index is 2.43. The quantitative estimate of drug-likeness (QED) is 0.840. The Labute approximate surface area is 127 Å². The van der Waals surface area contributed by atoms with Crippen molar-refractivity contribution in [1.29, 1.82) is 0 Å². The van der Waals surface area contributed by atoms with Crippen LogP contribution in [0.4, 0.5) is 4.39 Å². The Hall–Kier alpha value is -0.910. The number of aliphatic hydroxyl groups excluding tert-OH is 1. The Bertz CT molecular complexity index is 602. The summed E-state index contributed by atoms with van der Waals surface area (Å²) in [5, 5.41) is 10.4. The zero-order chi connectivity index (χ0) is 14.0. The van der Waals surface area contributed by atoms with Crippen LogP contribution in [0.2, 0.25) is 0 Å². The Kier molecular flexibility index (Phi) is 4.60. The van der Waals surface area contributed by atoms with E-state index in [4.69, 9.17) is 4.74 Å². The van der Waals surface area contributed by atoms with Crippen LogP contribution < -0.4 is 4.74 Å². The van der Waals surface area contributed by atoms with Gasteiger partial charge in [-0.25, -0.2) is 4.39 Å². The molecule has 19 heavy (non-hydrogen) atoms. The monoisotopic (exact) mass is 388 g/mol. The van der Waals surface area contributed by atoms with Crippen LogP contribution in [0, 0.1) is 5.82 Å². The molecule has 2 nitrogen and oxygen atoms in total. The highest BCUT2D eigenvalue weighted by Crippen LogP contribution is 2.33. The highest BCUT2D eigenvalue weighted by molar-refractivity contribution is 9.10. The summed E-state index contributed by atoms with van der Waals surface area (Å²) in [6.45, 7) is 0. The summed E-state index contributed by atoms with van der Waals surface area (Å²) in [5.41, 5.74) is 1.22. The van der Waals surface area contributed by atoms with Gasteiger partial charge in [0.2, 0.25) is 0 Å². The molecule has 0 saturated carbocycles. The normalized spacial score (nSPS) is 12.3. The zero-order valence-corrected chi connectivity index (χ0v) is 13.2. The molecule has 0 saturated heterocycles. The van der Waals surface area contributed by atoms with Gasteiger partial charge in [0.05, 0.1) is 11.6 Å². The average Bonchev–Trinajstić information content (AvgIpc) is 2.41. The molecule has 0 fully saturated rings. The lowest BCUT2D eigenvalue weighted by atomic mass is 10.0. The van der Waals surface area contributed by atoms with E-state index < -0.39 is 6.10 Å². The van der Waals surface area contributed by atoms with Crippen LogP contribution in [-0.2, 0) is 0 Å². The molecule has 0 aliphatic heterocycles. The van der Waals surface area contributed by atoms with Gasteiger partial charge in [0.1, 0.15) is 17.7 Å². The second-order valence-corrected chi connectivity index (χ2v) is 5.73. The Morgan fingerprint density at radius 3 is 2.53 bits per heavy atom. The van der Waals surface area contributed by atoms with Crippen LogP contribution in [0.5, 0.6) is 5.75 Å². The highest BCUT2D eigenvalue weighted by Gasteiger charge is 2.16. The van der Waals surface area contributed by atoms with Gasteiger partial charge in [-0.3, -0.25) is 0 Å². The third kappa shape index (κ3) is 3.16. The van der Waals surface area contributed by atoms with E-state index >= 15 is 0 Å². The third-order valence-corrected chi connectivity index (χ3v) is 3.85. The minimum absolute atomic E-state index is 0.320. The number of benzene rings is 2. The topological polar surface area (TPSA) is 29.5 Å². The number of rotatable bonds is 3. The number of hydrogen-bond acceptors (Lipinski definition) is 2. The molecule has 0 spiro atoms. The van der Waals surface area contributed by atoms with Crippen molar-refractivity contribution in [2.75, 3.05) is 7.11 Å². The molecule has 1 N–H and O–H groups in total. The maximum Gasteiger partial charge on any atom is 0.137 e. The maximum absolute atomic E-state index is 13.2. The van der Waals surface area contributed by atoms with Crippen molar-refractivity contribution in [1.82, 2.24) is 0 Å². The third-order valence-electron chi connectivity index (χ3n) is 2.75. The first-order valence-corrected chi connectivity index (χ1v) is 7.08. The van der Waals surface area contributed by atoms with Crippen LogP contribution in [-0.4, -0.2) is 12.2 Å². The fourth-order valence-corrected chi connectivity index (χ4v) is 2.51. The summed E-state index contributed by atoms with van der Waals surface area (Å²) in [5.74, 6) is 0.209. The molecule has 0 aliphatic rings. The number of methoxy groups -OCH3 is 1. The van der Waals surface area contributed by atoms with E-state index in [-0.39, 0.29) is 5.82 Å². The molecule has 0 amide bonds. The van der Waals surface area contributed by atoms with Crippen molar-refractivity contribution >= 4 is 31.9 Å². The Morgan fingerprint density at radius 2 is 1.89 bits per heavy atom. The van der Waals surface area contributed by atoms with Gasteiger partial charge >= 0.3 is 0 Å². The molecule has 0 aromatic heterocycles. The van der Waals surface area contributed by atoms with Crippen LogP contribution in [0.25, 0.3) is 0 Å². The predicted molar refractivity (Wildman–Crippen MR) is 78.9 cm³/mol. The van der Waals surface area contributed by atoms with E-state index in [1.165, 1.54) is 6.07 Å². The number of halogens is 3. The minimum Gasteiger partial charge on any atom is -0.496 e. The van der Waals surface area contributed by atoms with Gasteiger partial charge in [-0.1, -0.05) is 28.1 Å². The molecular weight excluding hydrogens is 379 g/mol. The van der Waals surface area contributed by atoms with Gasteiger partial charge < -0.3 is 9.84 Å². The summed E-state index contributed by atoms with van der Waals surface area (Å²) < 4.78 is 19.6.